The second-order valence-corrected chi connectivity index (χ2v) is 1.45. The molecule has 0 aromatic carbocycles. The summed E-state index contributed by atoms with van der Waals surface area (Å²) in [6, 6.07) is -0.271. The Labute approximate surface area is 49.0 Å². The van der Waals surface area contributed by atoms with Gasteiger partial charge < -0.3 is 4.90 Å². The van der Waals surface area contributed by atoms with Gasteiger partial charge in [-0.3, -0.25) is 0 Å². The predicted octanol–water partition coefficient (Wildman–Crippen LogP) is 0.759. The summed E-state index contributed by atoms with van der Waals surface area (Å²) in [5.41, 5.74) is 0. The zero-order valence-electron chi connectivity index (χ0n) is 5.22. The lowest BCUT2D eigenvalue weighted by Gasteiger charge is -2.08. The quantitative estimate of drug-likeness (QED) is 0.463. The van der Waals surface area contributed by atoms with Gasteiger partial charge in [0.15, 0.2) is 0 Å². The number of urea groups is 1. The monoisotopic (exact) mass is 114 g/mol. The fraction of sp³-hybridized carbons (Fsp3) is 0.600. The first-order valence-corrected chi connectivity index (χ1v) is 2.44. The molecule has 3 heteroatoms. The highest BCUT2D eigenvalue weighted by molar-refractivity contribution is 5.78. The molecule has 2 amide bonds. The van der Waals surface area contributed by atoms with Crippen LogP contribution in [0.2, 0.25) is 0 Å². The van der Waals surface area contributed by atoms with Crippen molar-refractivity contribution in [1.29, 1.82) is 0 Å². The summed E-state index contributed by atoms with van der Waals surface area (Å²) in [4.78, 5) is 15.1. The Morgan fingerprint density at radius 2 is 2.38 bits per heavy atom. The normalized spacial score (nSPS) is 8.25. The van der Waals surface area contributed by atoms with E-state index < -0.39 is 0 Å². The number of amides is 2. The highest BCUT2D eigenvalue weighted by Gasteiger charge is 1.98. The number of carbonyl (C=O) groups is 1. The van der Waals surface area contributed by atoms with Gasteiger partial charge in [-0.05, 0) is 13.6 Å². The molecule has 0 N–H and O–H groups in total. The van der Waals surface area contributed by atoms with Gasteiger partial charge in [0.25, 0.3) is 0 Å². The van der Waals surface area contributed by atoms with Crippen molar-refractivity contribution >= 4 is 12.7 Å². The second kappa shape index (κ2) is 3.18. The maximum absolute atomic E-state index is 10.4. The summed E-state index contributed by atoms with van der Waals surface area (Å²) in [5, 5.41) is 0. The van der Waals surface area contributed by atoms with Crippen LogP contribution in [0.1, 0.15) is 6.92 Å². The summed E-state index contributed by atoms with van der Waals surface area (Å²) in [6.45, 7) is 5.64. The first kappa shape index (κ1) is 7.14. The van der Waals surface area contributed by atoms with E-state index in [2.05, 4.69) is 11.7 Å². The Bertz CT molecular complexity index is 101. The molecule has 0 saturated heterocycles. The molecule has 3 nitrogen and oxygen atoms in total. The molecular formula is C5H10N2O. The third kappa shape index (κ3) is 1.73. The van der Waals surface area contributed by atoms with Gasteiger partial charge in [0, 0.05) is 13.6 Å². The van der Waals surface area contributed by atoms with Crippen LogP contribution < -0.4 is 0 Å². The van der Waals surface area contributed by atoms with Gasteiger partial charge in [0.2, 0.25) is 0 Å². The largest absolute Gasteiger partial charge is 0.342 e. The number of hydrogen-bond donors (Lipinski definition) is 0. The fourth-order valence-electron chi connectivity index (χ4n) is 0.256. The summed E-state index contributed by atoms with van der Waals surface area (Å²) < 4.78 is 0. The van der Waals surface area contributed by atoms with Crippen LogP contribution in [0.5, 0.6) is 0 Å². The third-order valence-corrected chi connectivity index (χ3v) is 0.936. The fourth-order valence-corrected chi connectivity index (χ4v) is 0.256. The minimum atomic E-state index is -0.271. The lowest BCUT2D eigenvalue weighted by Crippen LogP contribution is -2.22. The Kier molecular flexibility index (Phi) is 2.84. The van der Waals surface area contributed by atoms with Crippen molar-refractivity contribution in [2.75, 3.05) is 13.6 Å². The summed E-state index contributed by atoms with van der Waals surface area (Å²) in [5.74, 6) is 0. The number of nitrogens with zero attached hydrogens (tertiary/aromatic N) is 2. The first-order valence-electron chi connectivity index (χ1n) is 2.44. The van der Waals surface area contributed by atoms with E-state index in [0.29, 0.717) is 6.54 Å². The topological polar surface area (TPSA) is 32.7 Å². The molecule has 0 aromatic rings. The molecule has 46 valence electrons. The van der Waals surface area contributed by atoms with Crippen molar-refractivity contribution in [3.05, 3.63) is 0 Å². The molecule has 0 heterocycles. The predicted molar refractivity (Wildman–Crippen MR) is 33.2 cm³/mol. The van der Waals surface area contributed by atoms with Crippen molar-refractivity contribution in [3.63, 3.8) is 0 Å². The molecule has 0 aliphatic carbocycles. The van der Waals surface area contributed by atoms with E-state index in [0.717, 1.165) is 0 Å². The van der Waals surface area contributed by atoms with Gasteiger partial charge in [0.05, 0.1) is 0 Å². The molecule has 0 fully saturated rings. The van der Waals surface area contributed by atoms with Crippen LogP contribution >= 0.6 is 0 Å². The Morgan fingerprint density at radius 1 is 1.88 bits per heavy atom. The molecule has 0 radical (unpaired) electrons. The van der Waals surface area contributed by atoms with E-state index >= 15 is 0 Å². The molecule has 0 aliphatic rings. The SMILES string of the molecule is C=NC(=O)N(C)CC. The average molecular weight is 114 g/mol. The van der Waals surface area contributed by atoms with Gasteiger partial charge in [-0.25, -0.2) is 9.79 Å². The molecule has 8 heavy (non-hydrogen) atoms. The molecule has 0 saturated carbocycles. The summed E-state index contributed by atoms with van der Waals surface area (Å²) in [6.07, 6.45) is 0. The number of aliphatic imine (C=N–C) groups is 1. The van der Waals surface area contributed by atoms with Crippen molar-refractivity contribution in [1.82, 2.24) is 4.90 Å². The molecule has 0 bridgehead atoms. The number of hydrogen-bond acceptors (Lipinski definition) is 1. The maximum Gasteiger partial charge on any atom is 0.342 e. The highest BCUT2D eigenvalue weighted by atomic mass is 16.2. The Hall–Kier alpha value is -0.860. The molecule has 0 rings (SSSR count). The van der Waals surface area contributed by atoms with E-state index in [1.54, 1.807) is 7.05 Å². The standard InChI is InChI=1S/C5H10N2O/c1-4-7(3)5(8)6-2/h2,4H2,1,3H3. The van der Waals surface area contributed by atoms with Gasteiger partial charge in [-0.15, -0.1) is 0 Å². The van der Waals surface area contributed by atoms with E-state index in [1.165, 1.54) is 4.90 Å². The van der Waals surface area contributed by atoms with Gasteiger partial charge in [-0.1, -0.05) is 0 Å². The number of carbonyl (C=O) groups excluding carboxylic acids is 1. The number of rotatable bonds is 1. The maximum atomic E-state index is 10.4. The van der Waals surface area contributed by atoms with Gasteiger partial charge >= 0.3 is 6.03 Å². The van der Waals surface area contributed by atoms with E-state index in [9.17, 15) is 4.79 Å². The van der Waals surface area contributed by atoms with Crippen LogP contribution in [-0.4, -0.2) is 31.2 Å². The lowest BCUT2D eigenvalue weighted by atomic mass is 10.6. The van der Waals surface area contributed by atoms with Crippen LogP contribution in [-0.2, 0) is 0 Å². The van der Waals surface area contributed by atoms with Gasteiger partial charge in [-0.2, -0.15) is 0 Å². The van der Waals surface area contributed by atoms with Crippen LogP contribution in [0, 0.1) is 0 Å². The zero-order valence-corrected chi connectivity index (χ0v) is 5.22. The summed E-state index contributed by atoms with van der Waals surface area (Å²) >= 11 is 0. The molecule has 0 aromatic heterocycles. The Morgan fingerprint density at radius 3 is 2.50 bits per heavy atom. The molecule has 0 unspecified atom stereocenters. The van der Waals surface area contributed by atoms with Crippen LogP contribution in [0.25, 0.3) is 0 Å². The van der Waals surface area contributed by atoms with E-state index in [4.69, 9.17) is 0 Å². The lowest BCUT2D eigenvalue weighted by molar-refractivity contribution is 0.221. The van der Waals surface area contributed by atoms with E-state index in [1.807, 2.05) is 6.92 Å². The smallest absolute Gasteiger partial charge is 0.326 e. The first-order chi connectivity index (χ1) is 3.72. The van der Waals surface area contributed by atoms with Crippen molar-refractivity contribution in [2.24, 2.45) is 4.99 Å². The molecule has 0 spiro atoms. The van der Waals surface area contributed by atoms with Crippen molar-refractivity contribution in [2.45, 2.75) is 6.92 Å². The minimum absolute atomic E-state index is 0.271. The zero-order chi connectivity index (χ0) is 6.57. The third-order valence-electron chi connectivity index (χ3n) is 0.936. The van der Waals surface area contributed by atoms with Crippen LogP contribution in [0.3, 0.4) is 0 Å². The molecule has 0 aliphatic heterocycles. The van der Waals surface area contributed by atoms with Crippen LogP contribution in [0.4, 0.5) is 4.79 Å². The van der Waals surface area contributed by atoms with E-state index in [-0.39, 0.29) is 6.03 Å². The molecule has 0 atom stereocenters. The van der Waals surface area contributed by atoms with Crippen molar-refractivity contribution < 1.29 is 4.79 Å². The van der Waals surface area contributed by atoms with Crippen LogP contribution in [0.15, 0.2) is 4.99 Å². The highest BCUT2D eigenvalue weighted by Crippen LogP contribution is 1.84. The second-order valence-electron chi connectivity index (χ2n) is 1.45. The van der Waals surface area contributed by atoms with Gasteiger partial charge in [0.1, 0.15) is 0 Å². The summed E-state index contributed by atoms with van der Waals surface area (Å²) in [7, 11) is 1.68. The Balaban J connectivity index is 3.62. The minimum Gasteiger partial charge on any atom is -0.326 e. The average Bonchev–Trinajstić information content (AvgIpc) is 1.84. The van der Waals surface area contributed by atoms with Crippen molar-refractivity contribution in [3.8, 4) is 0 Å². The molecular weight excluding hydrogens is 104 g/mol.